The van der Waals surface area contributed by atoms with Gasteiger partial charge in [-0.25, -0.2) is 0 Å². The minimum atomic E-state index is 0.0844. The molecule has 25 heavy (non-hydrogen) atoms. The summed E-state index contributed by atoms with van der Waals surface area (Å²) in [7, 11) is 0. The number of piperidine rings is 1. The Labute approximate surface area is 150 Å². The van der Waals surface area contributed by atoms with Gasteiger partial charge in [0.1, 0.15) is 5.58 Å². The van der Waals surface area contributed by atoms with Crippen molar-refractivity contribution in [2.24, 2.45) is 0 Å². The Morgan fingerprint density at radius 3 is 2.48 bits per heavy atom. The molecule has 3 N–H and O–H groups in total. The molecule has 4 nitrogen and oxygen atoms in total. The van der Waals surface area contributed by atoms with Crippen LogP contribution in [0.15, 0.2) is 22.8 Å². The molecule has 136 valence electrons. The second-order valence-electron chi connectivity index (χ2n) is 9.19. The number of nitrogens with one attached hydrogen (secondary N) is 1. The number of nitrogens with two attached hydrogens (primary N) is 1. The Kier molecular flexibility index (Phi) is 4.44. The lowest BCUT2D eigenvalue weighted by Crippen LogP contribution is -3.06. The van der Waals surface area contributed by atoms with Gasteiger partial charge in [0.25, 0.3) is 0 Å². The number of rotatable bonds is 3. The van der Waals surface area contributed by atoms with Crippen LogP contribution in [-0.2, 0) is 11.2 Å². The Hall–Kier alpha value is -1.81. The molecule has 0 bridgehead atoms. The molecule has 0 spiro atoms. The van der Waals surface area contributed by atoms with Crippen molar-refractivity contribution in [2.45, 2.75) is 77.9 Å². The highest BCUT2D eigenvalue weighted by atomic mass is 16.3. The number of carbonyl (C=O) groups is 1. The van der Waals surface area contributed by atoms with E-state index in [2.05, 4.69) is 58.2 Å². The third-order valence-electron chi connectivity index (χ3n) is 5.14. The Bertz CT molecular complexity index is 786. The molecule has 1 saturated heterocycles. The van der Waals surface area contributed by atoms with Gasteiger partial charge < -0.3 is 15.1 Å². The number of aryl methyl sites for hydroxylation is 2. The van der Waals surface area contributed by atoms with Gasteiger partial charge in [0.15, 0.2) is 0 Å². The Morgan fingerprint density at radius 2 is 1.84 bits per heavy atom. The van der Waals surface area contributed by atoms with E-state index in [0.29, 0.717) is 6.42 Å². The first-order chi connectivity index (χ1) is 11.5. The number of fused-ring (bicyclic) bond motifs is 1. The first-order valence-electron chi connectivity index (χ1n) is 9.18. The van der Waals surface area contributed by atoms with E-state index >= 15 is 0 Å². The van der Waals surface area contributed by atoms with Crippen LogP contribution in [0.25, 0.3) is 11.0 Å². The molecule has 1 fully saturated rings. The van der Waals surface area contributed by atoms with Crippen molar-refractivity contribution in [2.75, 3.05) is 0 Å². The molecule has 0 aliphatic carbocycles. The molecule has 0 atom stereocenters. The summed E-state index contributed by atoms with van der Waals surface area (Å²) in [6.07, 6.45) is 4.09. The highest BCUT2D eigenvalue weighted by Gasteiger charge is 2.42. The average molecular weight is 343 g/mol. The molecule has 2 aromatic rings. The molecular formula is C21H31N2O2+. The summed E-state index contributed by atoms with van der Waals surface area (Å²) in [5, 5.41) is 6.77. The number of carbonyl (C=O) groups excluding carboxylic acids is 1. The Morgan fingerprint density at radius 1 is 1.20 bits per heavy atom. The van der Waals surface area contributed by atoms with Gasteiger partial charge in [-0.3, -0.25) is 4.79 Å². The predicted molar refractivity (Wildman–Crippen MR) is 101 cm³/mol. The van der Waals surface area contributed by atoms with Crippen LogP contribution in [-0.4, -0.2) is 23.0 Å². The van der Waals surface area contributed by atoms with Gasteiger partial charge >= 0.3 is 0 Å². The van der Waals surface area contributed by atoms with E-state index in [1.54, 1.807) is 6.26 Å². The minimum absolute atomic E-state index is 0.0844. The quantitative estimate of drug-likeness (QED) is 0.900. The molecule has 1 aliphatic rings. The van der Waals surface area contributed by atoms with E-state index < -0.39 is 0 Å². The summed E-state index contributed by atoms with van der Waals surface area (Å²) in [5.74, 6) is 0.0844. The smallest absolute Gasteiger partial charge is 0.224 e. The van der Waals surface area contributed by atoms with Crippen molar-refractivity contribution in [3.63, 3.8) is 0 Å². The van der Waals surface area contributed by atoms with E-state index in [9.17, 15) is 4.79 Å². The number of furan rings is 1. The highest BCUT2D eigenvalue weighted by molar-refractivity contribution is 5.90. The van der Waals surface area contributed by atoms with E-state index in [-0.39, 0.29) is 23.0 Å². The Balaban J connectivity index is 1.73. The maximum Gasteiger partial charge on any atom is 0.224 e. The lowest BCUT2D eigenvalue weighted by Gasteiger charge is -2.43. The van der Waals surface area contributed by atoms with Crippen molar-refractivity contribution in [1.82, 2.24) is 5.32 Å². The molecule has 1 aromatic carbocycles. The molecule has 4 heteroatoms. The zero-order chi connectivity index (χ0) is 18.4. The zero-order valence-corrected chi connectivity index (χ0v) is 16.3. The summed E-state index contributed by atoms with van der Waals surface area (Å²) >= 11 is 0. The lowest BCUT2D eigenvalue weighted by molar-refractivity contribution is -0.787. The summed E-state index contributed by atoms with van der Waals surface area (Å²) in [4.78, 5) is 12.7. The highest BCUT2D eigenvalue weighted by Crippen LogP contribution is 2.27. The summed E-state index contributed by atoms with van der Waals surface area (Å²) < 4.78 is 5.68. The second-order valence-corrected chi connectivity index (χ2v) is 9.19. The van der Waals surface area contributed by atoms with Crippen molar-refractivity contribution in [3.05, 3.63) is 35.1 Å². The summed E-state index contributed by atoms with van der Waals surface area (Å²) in [6.45, 7) is 13.1. The fraction of sp³-hybridized carbons (Fsp3) is 0.571. The van der Waals surface area contributed by atoms with E-state index in [4.69, 9.17) is 4.42 Å². The zero-order valence-electron chi connectivity index (χ0n) is 16.3. The molecule has 1 aliphatic heterocycles. The van der Waals surface area contributed by atoms with Crippen LogP contribution in [0, 0.1) is 13.8 Å². The van der Waals surface area contributed by atoms with Gasteiger partial charge in [-0.05, 0) is 58.7 Å². The van der Waals surface area contributed by atoms with Gasteiger partial charge in [0, 0.05) is 29.8 Å². The van der Waals surface area contributed by atoms with Crippen LogP contribution in [0.2, 0.25) is 0 Å². The first-order valence-corrected chi connectivity index (χ1v) is 9.18. The van der Waals surface area contributed by atoms with Crippen LogP contribution in [0.5, 0.6) is 0 Å². The van der Waals surface area contributed by atoms with Gasteiger partial charge in [0.2, 0.25) is 5.91 Å². The third-order valence-corrected chi connectivity index (χ3v) is 5.14. The summed E-state index contributed by atoms with van der Waals surface area (Å²) in [6, 6.07) is 4.40. The monoisotopic (exact) mass is 343 g/mol. The topological polar surface area (TPSA) is 58.9 Å². The van der Waals surface area contributed by atoms with E-state index in [0.717, 1.165) is 29.4 Å². The lowest BCUT2D eigenvalue weighted by atomic mass is 9.79. The first kappa shape index (κ1) is 18.0. The maximum atomic E-state index is 12.7. The van der Waals surface area contributed by atoms with Crippen molar-refractivity contribution in [1.29, 1.82) is 0 Å². The largest absolute Gasteiger partial charge is 0.464 e. The number of hydrogen-bond donors (Lipinski definition) is 2. The predicted octanol–water partition coefficient (Wildman–Crippen LogP) is 2.99. The molecule has 1 amide bonds. The summed E-state index contributed by atoms with van der Waals surface area (Å²) in [5.41, 5.74) is 4.49. The van der Waals surface area contributed by atoms with Crippen molar-refractivity contribution < 1.29 is 14.5 Å². The van der Waals surface area contributed by atoms with Crippen molar-refractivity contribution in [3.8, 4) is 0 Å². The third kappa shape index (κ3) is 4.06. The normalized spacial score (nSPS) is 19.9. The number of amides is 1. The van der Waals surface area contributed by atoms with Gasteiger partial charge in [-0.2, -0.15) is 0 Å². The standard InChI is InChI=1S/C21H30N2O2/c1-13-7-14(2)19-15(12-25-17(19)8-13)9-18(24)22-16-10-20(3,4)23-21(5,6)11-16/h7-8,12,16,23H,9-11H2,1-6H3,(H,22,24)/p+1. The molecule has 0 unspecified atom stereocenters. The average Bonchev–Trinajstić information content (AvgIpc) is 2.77. The number of quaternary nitrogens is 1. The van der Waals surface area contributed by atoms with Crippen LogP contribution < -0.4 is 10.6 Å². The van der Waals surface area contributed by atoms with Gasteiger partial charge in [0.05, 0.1) is 23.8 Å². The minimum Gasteiger partial charge on any atom is -0.464 e. The molecule has 2 heterocycles. The second kappa shape index (κ2) is 6.17. The van der Waals surface area contributed by atoms with Crippen LogP contribution in [0.3, 0.4) is 0 Å². The van der Waals surface area contributed by atoms with E-state index in [1.165, 1.54) is 11.1 Å². The fourth-order valence-electron chi connectivity index (χ4n) is 4.83. The molecular weight excluding hydrogens is 312 g/mol. The van der Waals surface area contributed by atoms with E-state index in [1.807, 2.05) is 6.07 Å². The SMILES string of the molecule is Cc1cc(C)c2c(CC(=O)NC3CC(C)(C)[NH2+]C(C)(C)C3)coc2c1. The molecule has 0 saturated carbocycles. The number of hydrogen-bond acceptors (Lipinski definition) is 2. The fourth-order valence-corrected chi connectivity index (χ4v) is 4.83. The van der Waals surface area contributed by atoms with Gasteiger partial charge in [-0.15, -0.1) is 0 Å². The van der Waals surface area contributed by atoms with Crippen LogP contribution in [0.4, 0.5) is 0 Å². The maximum absolute atomic E-state index is 12.7. The van der Waals surface area contributed by atoms with Crippen molar-refractivity contribution >= 4 is 16.9 Å². The van der Waals surface area contributed by atoms with Gasteiger partial charge in [-0.1, -0.05) is 6.07 Å². The molecule has 1 aromatic heterocycles. The molecule has 3 rings (SSSR count). The number of benzene rings is 1. The molecule has 0 radical (unpaired) electrons. The van der Waals surface area contributed by atoms with Crippen LogP contribution >= 0.6 is 0 Å². The van der Waals surface area contributed by atoms with Crippen LogP contribution in [0.1, 0.15) is 57.2 Å².